The van der Waals surface area contributed by atoms with Gasteiger partial charge in [-0.15, -0.1) is 0 Å². The third-order valence-electron chi connectivity index (χ3n) is 2.09. The van der Waals surface area contributed by atoms with E-state index in [-0.39, 0.29) is 5.78 Å². The first-order chi connectivity index (χ1) is 6.19. The molecular weight excluding hydrogens is 160 g/mol. The molecule has 0 bridgehead atoms. The number of aryl methyl sites for hydroxylation is 2. The summed E-state index contributed by atoms with van der Waals surface area (Å²) in [5.41, 5.74) is 3.07. The van der Waals surface area contributed by atoms with Crippen molar-refractivity contribution in [2.24, 2.45) is 0 Å². The van der Waals surface area contributed by atoms with Gasteiger partial charge in [0.2, 0.25) is 0 Å². The molecule has 0 aliphatic heterocycles. The van der Waals surface area contributed by atoms with Gasteiger partial charge in [-0.25, -0.2) is 0 Å². The molecule has 13 heavy (non-hydrogen) atoms. The summed E-state index contributed by atoms with van der Waals surface area (Å²) in [6, 6.07) is 5.88. The zero-order chi connectivity index (χ0) is 9.84. The minimum atomic E-state index is 0.0110. The van der Waals surface area contributed by atoms with Crippen molar-refractivity contribution >= 4 is 5.78 Å². The number of allylic oxidation sites excluding steroid dienone is 1. The Labute approximate surface area is 79.1 Å². The molecule has 0 N–H and O–H groups in total. The van der Waals surface area contributed by atoms with Gasteiger partial charge in [0.1, 0.15) is 0 Å². The molecule has 1 aromatic rings. The normalized spacial score (nSPS) is 9.69. The highest BCUT2D eigenvalue weighted by Gasteiger charge is 2.06. The molecule has 0 radical (unpaired) electrons. The Bertz CT molecular complexity index is 337. The average molecular weight is 174 g/mol. The van der Waals surface area contributed by atoms with Crippen LogP contribution in [-0.4, -0.2) is 5.78 Å². The van der Waals surface area contributed by atoms with Crippen LogP contribution in [0.3, 0.4) is 0 Å². The lowest BCUT2D eigenvalue weighted by atomic mass is 9.99. The lowest BCUT2D eigenvalue weighted by molar-refractivity contribution is 0.104. The highest BCUT2D eigenvalue weighted by molar-refractivity contribution is 6.05. The third kappa shape index (κ3) is 2.05. The SMILES string of the molecule is C=CC(=O)c1ccc(C)cc1CC. The third-order valence-corrected chi connectivity index (χ3v) is 2.09. The number of benzene rings is 1. The zero-order valence-corrected chi connectivity index (χ0v) is 8.13. The fourth-order valence-corrected chi connectivity index (χ4v) is 1.37. The van der Waals surface area contributed by atoms with Crippen LogP contribution in [0.1, 0.15) is 28.4 Å². The summed E-state index contributed by atoms with van der Waals surface area (Å²) in [4.78, 5) is 11.4. The molecule has 0 saturated carbocycles. The number of rotatable bonds is 3. The molecule has 0 atom stereocenters. The van der Waals surface area contributed by atoms with Gasteiger partial charge in [-0.3, -0.25) is 4.79 Å². The zero-order valence-electron chi connectivity index (χ0n) is 8.13. The van der Waals surface area contributed by atoms with Crippen LogP contribution >= 0.6 is 0 Å². The van der Waals surface area contributed by atoms with Gasteiger partial charge in [0.05, 0.1) is 0 Å². The minimum Gasteiger partial charge on any atom is -0.289 e. The van der Waals surface area contributed by atoms with Crippen molar-refractivity contribution in [2.75, 3.05) is 0 Å². The van der Waals surface area contributed by atoms with Crippen LogP contribution in [0.15, 0.2) is 30.9 Å². The molecule has 1 nitrogen and oxygen atoms in total. The van der Waals surface area contributed by atoms with Crippen molar-refractivity contribution in [2.45, 2.75) is 20.3 Å². The Hall–Kier alpha value is -1.37. The predicted octanol–water partition coefficient (Wildman–Crippen LogP) is 2.93. The van der Waals surface area contributed by atoms with Gasteiger partial charge >= 0.3 is 0 Å². The molecule has 0 spiro atoms. The maximum atomic E-state index is 11.4. The molecule has 0 saturated heterocycles. The van der Waals surface area contributed by atoms with Crippen LogP contribution in [0.5, 0.6) is 0 Å². The van der Waals surface area contributed by atoms with Crippen LogP contribution in [0.2, 0.25) is 0 Å². The Kier molecular flexibility index (Phi) is 3.02. The lowest BCUT2D eigenvalue weighted by Gasteiger charge is -2.05. The van der Waals surface area contributed by atoms with Gasteiger partial charge < -0.3 is 0 Å². The number of ketones is 1. The number of hydrogen-bond donors (Lipinski definition) is 0. The van der Waals surface area contributed by atoms with Gasteiger partial charge in [0, 0.05) is 5.56 Å². The summed E-state index contributed by atoms with van der Waals surface area (Å²) >= 11 is 0. The fourth-order valence-electron chi connectivity index (χ4n) is 1.37. The molecule has 0 amide bonds. The predicted molar refractivity (Wildman–Crippen MR) is 55.1 cm³/mol. The topological polar surface area (TPSA) is 17.1 Å². The van der Waals surface area contributed by atoms with E-state index >= 15 is 0 Å². The smallest absolute Gasteiger partial charge is 0.185 e. The van der Waals surface area contributed by atoms with Crippen molar-refractivity contribution in [1.82, 2.24) is 0 Å². The Morgan fingerprint density at radius 1 is 1.54 bits per heavy atom. The highest BCUT2D eigenvalue weighted by atomic mass is 16.1. The fraction of sp³-hybridized carbons (Fsp3) is 0.250. The maximum Gasteiger partial charge on any atom is 0.185 e. The van der Waals surface area contributed by atoms with E-state index in [0.29, 0.717) is 0 Å². The first-order valence-corrected chi connectivity index (χ1v) is 4.45. The second kappa shape index (κ2) is 4.04. The van der Waals surface area contributed by atoms with E-state index in [4.69, 9.17) is 0 Å². The summed E-state index contributed by atoms with van der Waals surface area (Å²) < 4.78 is 0. The van der Waals surface area contributed by atoms with Gasteiger partial charge in [-0.2, -0.15) is 0 Å². The Morgan fingerprint density at radius 3 is 2.77 bits per heavy atom. The number of carbonyl (C=O) groups excluding carboxylic acids is 1. The molecule has 1 rings (SSSR count). The summed E-state index contributed by atoms with van der Waals surface area (Å²) in [5.74, 6) is 0.0110. The molecule has 0 heterocycles. The molecule has 0 aliphatic carbocycles. The van der Waals surface area contributed by atoms with E-state index < -0.39 is 0 Å². The summed E-state index contributed by atoms with van der Waals surface area (Å²) in [6.45, 7) is 7.56. The second-order valence-corrected chi connectivity index (χ2v) is 3.08. The highest BCUT2D eigenvalue weighted by Crippen LogP contribution is 2.13. The van der Waals surface area contributed by atoms with Gasteiger partial charge in [0.15, 0.2) is 5.78 Å². The van der Waals surface area contributed by atoms with Crippen LogP contribution in [0.25, 0.3) is 0 Å². The Balaban J connectivity index is 3.20. The van der Waals surface area contributed by atoms with Crippen molar-refractivity contribution < 1.29 is 4.79 Å². The average Bonchev–Trinajstić information content (AvgIpc) is 2.16. The molecule has 0 fully saturated rings. The first-order valence-electron chi connectivity index (χ1n) is 4.45. The van der Waals surface area contributed by atoms with Crippen LogP contribution < -0.4 is 0 Å². The second-order valence-electron chi connectivity index (χ2n) is 3.08. The summed E-state index contributed by atoms with van der Waals surface area (Å²) in [7, 11) is 0. The van der Waals surface area contributed by atoms with Gasteiger partial charge in [-0.05, 0) is 25.0 Å². The van der Waals surface area contributed by atoms with Crippen LogP contribution in [-0.2, 0) is 6.42 Å². The molecule has 1 aromatic carbocycles. The van der Waals surface area contributed by atoms with Crippen molar-refractivity contribution in [3.63, 3.8) is 0 Å². The minimum absolute atomic E-state index is 0.0110. The van der Waals surface area contributed by atoms with Crippen molar-refractivity contribution in [1.29, 1.82) is 0 Å². The monoisotopic (exact) mass is 174 g/mol. The van der Waals surface area contributed by atoms with Gasteiger partial charge in [-0.1, -0.05) is 37.3 Å². The molecule has 0 aliphatic rings. The quantitative estimate of drug-likeness (QED) is 0.508. The van der Waals surface area contributed by atoms with Crippen LogP contribution in [0.4, 0.5) is 0 Å². The number of hydrogen-bond acceptors (Lipinski definition) is 1. The Morgan fingerprint density at radius 2 is 2.23 bits per heavy atom. The molecule has 68 valence electrons. The van der Waals surface area contributed by atoms with E-state index in [2.05, 4.69) is 19.6 Å². The largest absolute Gasteiger partial charge is 0.289 e. The lowest BCUT2D eigenvalue weighted by Crippen LogP contribution is -1.99. The summed E-state index contributed by atoms with van der Waals surface area (Å²) in [6.07, 6.45) is 2.25. The molecule has 0 aromatic heterocycles. The van der Waals surface area contributed by atoms with Crippen molar-refractivity contribution in [3.8, 4) is 0 Å². The number of carbonyl (C=O) groups is 1. The molecule has 1 heteroatoms. The van der Waals surface area contributed by atoms with Gasteiger partial charge in [0.25, 0.3) is 0 Å². The maximum absolute atomic E-state index is 11.4. The van der Waals surface area contributed by atoms with E-state index in [9.17, 15) is 4.79 Å². The van der Waals surface area contributed by atoms with E-state index in [1.165, 1.54) is 11.6 Å². The van der Waals surface area contributed by atoms with Crippen LogP contribution in [0, 0.1) is 6.92 Å². The molecular formula is C12H14O. The standard InChI is InChI=1S/C12H14O/c1-4-10-8-9(3)6-7-11(10)12(13)5-2/h5-8H,2,4H2,1,3H3. The van der Waals surface area contributed by atoms with Crippen molar-refractivity contribution in [3.05, 3.63) is 47.5 Å². The van der Waals surface area contributed by atoms with E-state index in [1.54, 1.807) is 0 Å². The van der Waals surface area contributed by atoms with E-state index in [1.807, 2.05) is 19.1 Å². The molecule has 0 unspecified atom stereocenters. The first kappa shape index (κ1) is 9.72. The summed E-state index contributed by atoms with van der Waals surface area (Å²) in [5, 5.41) is 0. The van der Waals surface area contributed by atoms with E-state index in [0.717, 1.165) is 17.5 Å².